The first kappa shape index (κ1) is 16.8. The molecule has 24 heavy (non-hydrogen) atoms. The molecule has 1 atom stereocenters. The van der Waals surface area contributed by atoms with E-state index in [1.807, 2.05) is 41.9 Å². The molecule has 2 aromatic heterocycles. The van der Waals surface area contributed by atoms with Crippen LogP contribution in [0.25, 0.3) is 0 Å². The third-order valence-corrected chi connectivity index (χ3v) is 4.48. The first-order valence-electron chi connectivity index (χ1n) is 8.02. The molecule has 1 N–H and O–H groups in total. The Morgan fingerprint density at radius 3 is 2.58 bits per heavy atom. The van der Waals surface area contributed by atoms with Gasteiger partial charge in [-0.15, -0.1) is 10.2 Å². The Hall–Kier alpha value is -2.02. The van der Waals surface area contributed by atoms with Crippen molar-refractivity contribution in [1.29, 1.82) is 0 Å². The average Bonchev–Trinajstić information content (AvgIpc) is 3.27. The van der Waals surface area contributed by atoms with Crippen LogP contribution in [0.2, 0.25) is 0 Å². The highest BCUT2D eigenvalue weighted by Crippen LogP contribution is 2.19. The Balaban J connectivity index is 1.72. The van der Waals surface area contributed by atoms with Crippen LogP contribution in [0.3, 0.4) is 0 Å². The van der Waals surface area contributed by atoms with Crippen LogP contribution in [0, 0.1) is 0 Å². The summed E-state index contributed by atoms with van der Waals surface area (Å²) in [7, 11) is 0. The topological polar surface area (TPSA) is 62.4 Å². The Labute approximate surface area is 145 Å². The molecule has 1 unspecified atom stereocenters. The van der Waals surface area contributed by atoms with Gasteiger partial charge >= 0.3 is 0 Å². The van der Waals surface area contributed by atoms with Crippen LogP contribution in [-0.2, 0) is 19.5 Å². The maximum absolute atomic E-state index is 10.5. The molecule has 6 heteroatoms. The van der Waals surface area contributed by atoms with Gasteiger partial charge in [-0.2, -0.15) is 11.3 Å². The number of nitrogens with zero attached hydrogens (tertiary/aromatic N) is 3. The van der Waals surface area contributed by atoms with Gasteiger partial charge in [0.05, 0.1) is 12.6 Å². The van der Waals surface area contributed by atoms with E-state index in [0.29, 0.717) is 31.4 Å². The van der Waals surface area contributed by atoms with Crippen molar-refractivity contribution in [2.45, 2.75) is 32.5 Å². The van der Waals surface area contributed by atoms with Crippen LogP contribution in [0.1, 0.15) is 35.9 Å². The third-order valence-electron chi connectivity index (χ3n) is 3.78. The van der Waals surface area contributed by atoms with Crippen molar-refractivity contribution >= 4 is 11.3 Å². The lowest BCUT2D eigenvalue weighted by molar-refractivity contribution is 0.0993. The van der Waals surface area contributed by atoms with E-state index in [1.54, 1.807) is 11.3 Å². The Morgan fingerprint density at radius 2 is 1.92 bits per heavy atom. The van der Waals surface area contributed by atoms with E-state index in [2.05, 4.69) is 27.2 Å². The summed E-state index contributed by atoms with van der Waals surface area (Å²) in [5.41, 5.74) is 2.13. The summed E-state index contributed by atoms with van der Waals surface area (Å²) in [5, 5.41) is 22.6. The monoisotopic (exact) mass is 343 g/mol. The van der Waals surface area contributed by atoms with Crippen molar-refractivity contribution in [3.63, 3.8) is 0 Å². The van der Waals surface area contributed by atoms with E-state index >= 15 is 0 Å². The number of aryl methyl sites for hydroxylation is 1. The molecule has 0 aliphatic rings. The molecule has 2 heterocycles. The Morgan fingerprint density at radius 1 is 1.12 bits per heavy atom. The van der Waals surface area contributed by atoms with Crippen LogP contribution in [0.5, 0.6) is 0 Å². The van der Waals surface area contributed by atoms with E-state index < -0.39 is 6.10 Å². The fraction of sp³-hybridized carbons (Fsp3) is 0.333. The molecule has 0 saturated heterocycles. The third kappa shape index (κ3) is 4.50. The molecular weight excluding hydrogens is 322 g/mol. The van der Waals surface area contributed by atoms with Gasteiger partial charge in [-0.3, -0.25) is 4.90 Å². The zero-order chi connectivity index (χ0) is 16.8. The lowest BCUT2D eigenvalue weighted by Crippen LogP contribution is -2.28. The molecule has 0 saturated carbocycles. The van der Waals surface area contributed by atoms with Gasteiger partial charge in [0, 0.05) is 19.5 Å². The largest absolute Gasteiger partial charge is 0.424 e. The normalized spacial score (nSPS) is 12.6. The van der Waals surface area contributed by atoms with Crippen LogP contribution >= 0.6 is 11.3 Å². The van der Waals surface area contributed by atoms with Crippen molar-refractivity contribution < 1.29 is 9.52 Å². The molecule has 0 aliphatic carbocycles. The summed E-state index contributed by atoms with van der Waals surface area (Å²) in [4.78, 5) is 2.13. The highest BCUT2D eigenvalue weighted by molar-refractivity contribution is 7.07. The van der Waals surface area contributed by atoms with E-state index in [4.69, 9.17) is 4.42 Å². The number of aliphatic hydroxyl groups excluding tert-OH is 1. The van der Waals surface area contributed by atoms with Gasteiger partial charge in [0.15, 0.2) is 0 Å². The smallest absolute Gasteiger partial charge is 0.230 e. The van der Waals surface area contributed by atoms with Gasteiger partial charge in [-0.05, 0) is 28.0 Å². The second kappa shape index (κ2) is 8.19. The number of hydrogen-bond donors (Lipinski definition) is 1. The number of benzene rings is 1. The molecule has 5 nitrogen and oxygen atoms in total. The van der Waals surface area contributed by atoms with Crippen molar-refractivity contribution in [2.24, 2.45) is 0 Å². The summed E-state index contributed by atoms with van der Waals surface area (Å²) < 4.78 is 5.63. The van der Waals surface area contributed by atoms with E-state index in [1.165, 1.54) is 5.56 Å². The second-order valence-corrected chi connectivity index (χ2v) is 6.45. The molecule has 3 rings (SSSR count). The number of hydrogen-bond acceptors (Lipinski definition) is 6. The van der Waals surface area contributed by atoms with Crippen LogP contribution in [-0.4, -0.2) is 26.7 Å². The fourth-order valence-electron chi connectivity index (χ4n) is 2.53. The molecule has 0 amide bonds. The molecule has 126 valence electrons. The van der Waals surface area contributed by atoms with Gasteiger partial charge in [-0.25, -0.2) is 0 Å². The minimum Gasteiger partial charge on any atom is -0.424 e. The molecule has 0 bridgehead atoms. The van der Waals surface area contributed by atoms with Crippen molar-refractivity contribution in [1.82, 2.24) is 15.1 Å². The van der Waals surface area contributed by atoms with Gasteiger partial charge in [0.2, 0.25) is 11.8 Å². The Kier molecular flexibility index (Phi) is 5.74. The first-order valence-corrected chi connectivity index (χ1v) is 8.96. The quantitative estimate of drug-likeness (QED) is 0.679. The zero-order valence-corrected chi connectivity index (χ0v) is 14.4. The molecule has 0 radical (unpaired) electrons. The van der Waals surface area contributed by atoms with Crippen molar-refractivity contribution in [3.8, 4) is 0 Å². The predicted molar refractivity (Wildman–Crippen MR) is 93.5 cm³/mol. The highest BCUT2D eigenvalue weighted by atomic mass is 32.1. The minimum atomic E-state index is -0.534. The van der Waals surface area contributed by atoms with Crippen LogP contribution in [0.4, 0.5) is 0 Å². The number of aliphatic hydroxyl groups is 1. The van der Waals surface area contributed by atoms with Gasteiger partial charge in [-0.1, -0.05) is 37.3 Å². The highest BCUT2D eigenvalue weighted by Gasteiger charge is 2.17. The fourth-order valence-corrected chi connectivity index (χ4v) is 3.23. The SMILES string of the molecule is CCc1nnc(CN(Cc2ccccc2)CC(O)c2ccsc2)o1. The Bertz CT molecular complexity index is 728. The molecular formula is C18H21N3O2S. The maximum atomic E-state index is 10.5. The summed E-state index contributed by atoms with van der Waals surface area (Å²) in [5.74, 6) is 1.23. The molecule has 0 fully saturated rings. The number of rotatable bonds is 8. The average molecular weight is 343 g/mol. The van der Waals surface area contributed by atoms with Gasteiger partial charge in [0.25, 0.3) is 0 Å². The summed E-state index contributed by atoms with van der Waals surface area (Å²) in [6, 6.07) is 12.2. The molecule has 1 aromatic carbocycles. The summed E-state index contributed by atoms with van der Waals surface area (Å²) in [6.45, 7) is 3.73. The van der Waals surface area contributed by atoms with Crippen LogP contribution < -0.4 is 0 Å². The second-order valence-electron chi connectivity index (χ2n) is 5.67. The van der Waals surface area contributed by atoms with Gasteiger partial charge in [0.1, 0.15) is 0 Å². The van der Waals surface area contributed by atoms with Crippen LogP contribution in [0.15, 0.2) is 51.6 Å². The lowest BCUT2D eigenvalue weighted by atomic mass is 10.1. The number of aromatic nitrogens is 2. The summed E-state index contributed by atoms with van der Waals surface area (Å²) in [6.07, 6.45) is 0.192. The van der Waals surface area contributed by atoms with E-state index in [0.717, 1.165) is 12.0 Å². The van der Waals surface area contributed by atoms with Crippen molar-refractivity contribution in [3.05, 3.63) is 70.1 Å². The zero-order valence-electron chi connectivity index (χ0n) is 13.6. The number of thiophene rings is 1. The maximum Gasteiger partial charge on any atom is 0.230 e. The summed E-state index contributed by atoms with van der Waals surface area (Å²) >= 11 is 1.59. The van der Waals surface area contributed by atoms with E-state index in [9.17, 15) is 5.11 Å². The van der Waals surface area contributed by atoms with Gasteiger partial charge < -0.3 is 9.52 Å². The predicted octanol–water partition coefficient (Wildman–Crippen LogP) is 3.43. The molecule has 0 spiro atoms. The minimum absolute atomic E-state index is 0.509. The van der Waals surface area contributed by atoms with E-state index in [-0.39, 0.29) is 0 Å². The lowest BCUT2D eigenvalue weighted by Gasteiger charge is -2.23. The molecule has 3 aromatic rings. The first-order chi connectivity index (χ1) is 11.7. The standard InChI is InChI=1S/C18H21N3O2S/c1-2-17-19-20-18(23-17)12-21(10-14-6-4-3-5-7-14)11-16(22)15-8-9-24-13-15/h3-9,13,16,22H,2,10-12H2,1H3. The molecule has 0 aliphatic heterocycles. The van der Waals surface area contributed by atoms with Crippen molar-refractivity contribution in [2.75, 3.05) is 6.54 Å².